The number of aromatic amines is 1. The molecule has 0 saturated heterocycles. The molecule has 1 aromatic heterocycles. The van der Waals surface area contributed by atoms with Crippen LogP contribution in [0, 0.1) is 31.6 Å². The Hall–Kier alpha value is -2.31. The minimum absolute atomic E-state index is 0.123. The Balaban J connectivity index is 1.41. The summed E-state index contributed by atoms with van der Waals surface area (Å²) in [5.74, 6) is 0.812. The van der Waals surface area contributed by atoms with Gasteiger partial charge in [0.15, 0.2) is 6.10 Å². The zero-order valence-electron chi connectivity index (χ0n) is 18.3. The Kier molecular flexibility index (Phi) is 5.41. The highest BCUT2D eigenvalue weighted by molar-refractivity contribution is 5.99. The molecule has 0 aromatic carbocycles. The topological polar surface area (TPSA) is 97.5 Å². The fraction of sp³-hybridized carbons (Fsp3) is 0.696. The first kappa shape index (κ1) is 20.9. The van der Waals surface area contributed by atoms with Gasteiger partial charge in [0.25, 0.3) is 5.91 Å². The van der Waals surface area contributed by atoms with Crippen molar-refractivity contribution < 1.29 is 23.9 Å². The van der Waals surface area contributed by atoms with E-state index in [0.29, 0.717) is 16.8 Å². The molecule has 0 radical (unpaired) electrons. The van der Waals surface area contributed by atoms with E-state index in [2.05, 4.69) is 10.3 Å². The molecule has 4 aliphatic carbocycles. The maximum Gasteiger partial charge on any atom is 0.355 e. The lowest BCUT2D eigenvalue weighted by Crippen LogP contribution is -2.61. The van der Waals surface area contributed by atoms with Gasteiger partial charge in [0, 0.05) is 11.2 Å². The molecule has 1 unspecified atom stereocenters. The van der Waals surface area contributed by atoms with Crippen molar-refractivity contribution >= 4 is 17.8 Å². The van der Waals surface area contributed by atoms with E-state index in [1.165, 1.54) is 19.3 Å². The van der Waals surface area contributed by atoms with Crippen LogP contribution in [-0.4, -0.2) is 41.1 Å². The van der Waals surface area contributed by atoms with Gasteiger partial charge >= 0.3 is 11.9 Å². The Morgan fingerprint density at radius 1 is 1.07 bits per heavy atom. The second kappa shape index (κ2) is 7.75. The molecule has 1 amide bonds. The van der Waals surface area contributed by atoms with Crippen LogP contribution < -0.4 is 5.32 Å². The summed E-state index contributed by atoms with van der Waals surface area (Å²) in [6.45, 7) is 6.97. The third-order valence-corrected chi connectivity index (χ3v) is 7.20. The van der Waals surface area contributed by atoms with Crippen molar-refractivity contribution in [1.82, 2.24) is 10.3 Å². The highest BCUT2D eigenvalue weighted by Crippen LogP contribution is 2.55. The lowest BCUT2D eigenvalue weighted by Gasteiger charge is -2.57. The Labute approximate surface area is 177 Å². The van der Waals surface area contributed by atoms with Crippen molar-refractivity contribution in [3.8, 4) is 0 Å². The molecule has 4 fully saturated rings. The van der Waals surface area contributed by atoms with Crippen molar-refractivity contribution in [1.29, 1.82) is 0 Å². The van der Waals surface area contributed by atoms with Gasteiger partial charge in [0.05, 0.1) is 12.2 Å². The smallest absolute Gasteiger partial charge is 0.355 e. The number of hydrogen-bond acceptors (Lipinski definition) is 5. The van der Waals surface area contributed by atoms with Gasteiger partial charge in [0.1, 0.15) is 5.69 Å². The molecule has 7 nitrogen and oxygen atoms in total. The minimum atomic E-state index is -0.903. The van der Waals surface area contributed by atoms with E-state index in [-0.39, 0.29) is 23.7 Å². The molecule has 4 bridgehead atoms. The quantitative estimate of drug-likeness (QED) is 0.693. The van der Waals surface area contributed by atoms with E-state index >= 15 is 0 Å². The van der Waals surface area contributed by atoms with Gasteiger partial charge in [-0.05, 0) is 89.5 Å². The summed E-state index contributed by atoms with van der Waals surface area (Å²) in [5, 5.41) is 3.25. The van der Waals surface area contributed by atoms with Gasteiger partial charge in [-0.15, -0.1) is 0 Å². The van der Waals surface area contributed by atoms with Crippen molar-refractivity contribution in [2.45, 2.75) is 77.9 Å². The van der Waals surface area contributed by atoms with Crippen LogP contribution in [0.5, 0.6) is 0 Å². The Morgan fingerprint density at radius 2 is 1.63 bits per heavy atom. The number of ether oxygens (including phenoxy) is 2. The summed E-state index contributed by atoms with van der Waals surface area (Å²) in [5.41, 5.74) is 1.43. The fourth-order valence-corrected chi connectivity index (χ4v) is 6.36. The summed E-state index contributed by atoms with van der Waals surface area (Å²) < 4.78 is 10.5. The van der Waals surface area contributed by atoms with E-state index in [9.17, 15) is 14.4 Å². The van der Waals surface area contributed by atoms with Crippen LogP contribution in [0.2, 0.25) is 0 Å². The molecule has 1 aromatic rings. The second-order valence-corrected chi connectivity index (χ2v) is 9.58. The van der Waals surface area contributed by atoms with Crippen LogP contribution in [0.25, 0.3) is 0 Å². The van der Waals surface area contributed by atoms with Crippen molar-refractivity contribution in [2.75, 3.05) is 6.61 Å². The number of esters is 2. The summed E-state index contributed by atoms with van der Waals surface area (Å²) in [4.78, 5) is 40.6. The SMILES string of the molecule is CCOC(=O)c1c(C)[nH]c(C(=O)OC(C)C(=O)NC23CC4CC(CC(C4)C2)C3)c1C. The lowest BCUT2D eigenvalue weighted by atomic mass is 9.53. The summed E-state index contributed by atoms with van der Waals surface area (Å²) in [6.07, 6.45) is 6.13. The average Bonchev–Trinajstić information content (AvgIpc) is 2.94. The first-order valence-corrected chi connectivity index (χ1v) is 11.1. The first-order valence-electron chi connectivity index (χ1n) is 11.1. The van der Waals surface area contributed by atoms with E-state index < -0.39 is 18.0 Å². The zero-order chi connectivity index (χ0) is 21.6. The number of aryl methyl sites for hydroxylation is 1. The fourth-order valence-electron chi connectivity index (χ4n) is 6.36. The molecule has 5 rings (SSSR count). The molecule has 4 saturated carbocycles. The Bertz CT molecular complexity index is 836. The summed E-state index contributed by atoms with van der Waals surface area (Å²) in [6, 6.07) is 0. The first-order chi connectivity index (χ1) is 14.2. The van der Waals surface area contributed by atoms with Gasteiger partial charge in [-0.25, -0.2) is 9.59 Å². The molecule has 164 valence electrons. The second-order valence-electron chi connectivity index (χ2n) is 9.58. The van der Waals surface area contributed by atoms with Gasteiger partial charge < -0.3 is 19.8 Å². The van der Waals surface area contributed by atoms with Crippen molar-refractivity contribution in [2.24, 2.45) is 17.8 Å². The average molecular weight is 417 g/mol. The van der Waals surface area contributed by atoms with E-state index in [0.717, 1.165) is 37.0 Å². The standard InChI is InChI=1S/C23H32N2O5/c1-5-29-21(27)18-12(2)19(24-13(18)3)22(28)30-14(4)20(26)25-23-9-15-6-16(10-23)8-17(7-15)11-23/h14-17,24H,5-11H2,1-4H3,(H,25,26). The number of amides is 1. The van der Waals surface area contributed by atoms with E-state index in [1.54, 1.807) is 27.7 Å². The summed E-state index contributed by atoms with van der Waals surface area (Å²) >= 11 is 0. The predicted octanol–water partition coefficient (Wildman–Crippen LogP) is 3.44. The largest absolute Gasteiger partial charge is 0.462 e. The number of rotatable bonds is 6. The lowest BCUT2D eigenvalue weighted by molar-refractivity contribution is -0.134. The van der Waals surface area contributed by atoms with Gasteiger partial charge in [-0.2, -0.15) is 0 Å². The van der Waals surface area contributed by atoms with Crippen LogP contribution in [0.3, 0.4) is 0 Å². The van der Waals surface area contributed by atoms with E-state index in [4.69, 9.17) is 9.47 Å². The Morgan fingerprint density at radius 3 is 2.17 bits per heavy atom. The third kappa shape index (κ3) is 3.74. The summed E-state index contributed by atoms with van der Waals surface area (Å²) in [7, 11) is 0. The van der Waals surface area contributed by atoms with Crippen molar-refractivity contribution in [3.05, 3.63) is 22.5 Å². The molecule has 1 atom stereocenters. The molecular weight excluding hydrogens is 384 g/mol. The van der Waals surface area contributed by atoms with Gasteiger partial charge in [-0.1, -0.05) is 0 Å². The normalized spacial score (nSPS) is 30.1. The zero-order valence-corrected chi connectivity index (χ0v) is 18.3. The van der Waals surface area contributed by atoms with Crippen LogP contribution in [0.4, 0.5) is 0 Å². The van der Waals surface area contributed by atoms with Crippen LogP contribution in [0.1, 0.15) is 84.5 Å². The number of aromatic nitrogens is 1. The number of carbonyl (C=O) groups is 3. The molecular formula is C23H32N2O5. The van der Waals surface area contributed by atoms with Gasteiger partial charge in [-0.3, -0.25) is 4.79 Å². The maximum absolute atomic E-state index is 12.9. The third-order valence-electron chi connectivity index (χ3n) is 7.20. The van der Waals surface area contributed by atoms with Gasteiger partial charge in [0.2, 0.25) is 0 Å². The molecule has 30 heavy (non-hydrogen) atoms. The predicted molar refractivity (Wildman–Crippen MR) is 110 cm³/mol. The molecule has 2 N–H and O–H groups in total. The van der Waals surface area contributed by atoms with Crippen molar-refractivity contribution in [3.63, 3.8) is 0 Å². The minimum Gasteiger partial charge on any atom is -0.462 e. The van der Waals surface area contributed by atoms with Crippen LogP contribution in [0.15, 0.2) is 0 Å². The molecule has 1 heterocycles. The highest BCUT2D eigenvalue weighted by Gasteiger charge is 2.51. The molecule has 7 heteroatoms. The molecule has 0 aliphatic heterocycles. The number of carbonyl (C=O) groups excluding carboxylic acids is 3. The number of hydrogen-bond donors (Lipinski definition) is 2. The highest BCUT2D eigenvalue weighted by atomic mass is 16.5. The maximum atomic E-state index is 12.9. The van der Waals surface area contributed by atoms with Crippen LogP contribution >= 0.6 is 0 Å². The molecule has 0 spiro atoms. The number of nitrogens with one attached hydrogen (secondary N) is 2. The molecule has 4 aliphatic rings. The monoisotopic (exact) mass is 416 g/mol. The van der Waals surface area contributed by atoms with Crippen LogP contribution in [-0.2, 0) is 14.3 Å². The van der Waals surface area contributed by atoms with E-state index in [1.807, 2.05) is 0 Å². The number of H-pyrrole nitrogens is 1.